The fourth-order valence-electron chi connectivity index (χ4n) is 3.75. The van der Waals surface area contributed by atoms with Crippen LogP contribution < -0.4 is 10.1 Å². The topological polar surface area (TPSA) is 87.6 Å². The third kappa shape index (κ3) is 5.04. The van der Waals surface area contributed by atoms with Gasteiger partial charge in [-0.15, -0.1) is 0 Å². The number of ether oxygens (including phenoxy) is 1. The molecule has 2 fully saturated rings. The minimum Gasteiger partial charge on any atom is -0.480 e. The van der Waals surface area contributed by atoms with Crippen molar-refractivity contribution in [3.8, 4) is 5.88 Å². The van der Waals surface area contributed by atoms with Gasteiger partial charge in [0.15, 0.2) is 0 Å². The number of carbonyl (C=O) groups is 1. The number of anilines is 1. The number of carboxylic acid groups (broad SMARTS) is 1. The van der Waals surface area contributed by atoms with Gasteiger partial charge in [0.05, 0.1) is 25.5 Å². The lowest BCUT2D eigenvalue weighted by atomic mass is 9.85. The number of carboxylic acids is 1. The van der Waals surface area contributed by atoms with Crippen molar-refractivity contribution >= 4 is 11.8 Å². The molecule has 0 unspecified atom stereocenters. The summed E-state index contributed by atoms with van der Waals surface area (Å²) in [4.78, 5) is 21.6. The lowest BCUT2D eigenvalue weighted by Crippen LogP contribution is -2.51. The molecule has 7 heteroatoms. The molecule has 0 aliphatic heterocycles. The number of aliphatic carboxylic acids is 1. The van der Waals surface area contributed by atoms with Crippen molar-refractivity contribution in [2.24, 2.45) is 5.92 Å². The van der Waals surface area contributed by atoms with E-state index < -0.39 is 5.97 Å². The Kier molecular flexibility index (Phi) is 6.07. The fraction of sp³-hybridized carbons (Fsp3) is 0.722. The maximum Gasteiger partial charge on any atom is 0.317 e. The van der Waals surface area contributed by atoms with Crippen molar-refractivity contribution in [3.63, 3.8) is 0 Å². The molecule has 0 aromatic carbocycles. The predicted molar refractivity (Wildman–Crippen MR) is 94.8 cm³/mol. The van der Waals surface area contributed by atoms with Crippen LogP contribution in [0.1, 0.15) is 45.4 Å². The van der Waals surface area contributed by atoms with Gasteiger partial charge >= 0.3 is 5.97 Å². The maximum atomic E-state index is 10.9. The average Bonchev–Trinajstić information content (AvgIpc) is 3.08. The number of nitrogens with zero attached hydrogens (tertiary/aromatic N) is 3. The second-order valence-electron chi connectivity index (χ2n) is 7.13. The van der Waals surface area contributed by atoms with Gasteiger partial charge in [-0.3, -0.25) is 14.7 Å². The largest absolute Gasteiger partial charge is 0.480 e. The number of likely N-dealkylation sites (N-methyl/N-ethyl adjacent to an activating group) is 1. The molecule has 2 aliphatic rings. The highest BCUT2D eigenvalue weighted by Gasteiger charge is 2.34. The predicted octanol–water partition coefficient (Wildman–Crippen LogP) is 2.39. The first kappa shape index (κ1) is 17.9. The van der Waals surface area contributed by atoms with Crippen LogP contribution in [0.5, 0.6) is 5.88 Å². The zero-order valence-electron chi connectivity index (χ0n) is 14.9. The Morgan fingerprint density at radius 1 is 1.36 bits per heavy atom. The van der Waals surface area contributed by atoms with Crippen LogP contribution in [-0.2, 0) is 4.79 Å². The summed E-state index contributed by atoms with van der Waals surface area (Å²) in [7, 11) is 0. The van der Waals surface area contributed by atoms with Gasteiger partial charge in [-0.1, -0.05) is 19.8 Å². The molecule has 1 aromatic rings. The number of rotatable bonds is 9. The van der Waals surface area contributed by atoms with Crippen LogP contribution in [0.3, 0.4) is 0 Å². The quantitative estimate of drug-likeness (QED) is 0.708. The minimum absolute atomic E-state index is 0.109. The van der Waals surface area contributed by atoms with Gasteiger partial charge in [-0.25, -0.2) is 0 Å². The molecule has 2 saturated carbocycles. The Morgan fingerprint density at radius 2 is 2.12 bits per heavy atom. The smallest absolute Gasteiger partial charge is 0.317 e. The molecule has 0 saturated heterocycles. The second kappa shape index (κ2) is 8.47. The van der Waals surface area contributed by atoms with Crippen LogP contribution in [0.2, 0.25) is 0 Å². The number of aromatic nitrogens is 2. The van der Waals surface area contributed by atoms with Crippen LogP contribution in [0.4, 0.5) is 5.82 Å². The monoisotopic (exact) mass is 348 g/mol. The van der Waals surface area contributed by atoms with Crippen LogP contribution in [0, 0.1) is 5.92 Å². The zero-order chi connectivity index (χ0) is 17.6. The highest BCUT2D eigenvalue weighted by molar-refractivity contribution is 5.69. The normalized spacial score (nSPS) is 23.4. The van der Waals surface area contributed by atoms with E-state index in [0.29, 0.717) is 23.9 Å². The maximum absolute atomic E-state index is 10.9. The zero-order valence-corrected chi connectivity index (χ0v) is 14.9. The Labute approximate surface area is 148 Å². The Bertz CT molecular complexity index is 571. The highest BCUT2D eigenvalue weighted by Crippen LogP contribution is 2.29. The van der Waals surface area contributed by atoms with Gasteiger partial charge < -0.3 is 15.2 Å². The molecule has 0 atom stereocenters. The lowest BCUT2D eigenvalue weighted by molar-refractivity contribution is -0.139. The highest BCUT2D eigenvalue weighted by atomic mass is 16.5. The van der Waals surface area contributed by atoms with Gasteiger partial charge in [0.2, 0.25) is 5.88 Å². The summed E-state index contributed by atoms with van der Waals surface area (Å²) < 4.78 is 5.80. The first-order valence-electron chi connectivity index (χ1n) is 9.31. The molecule has 0 bridgehead atoms. The molecular formula is C18H28N4O3. The SMILES string of the molecule is CCN(CC(=O)O)C1CC(Nc2cncc(OCC3CCCC3)n2)C1. The second-order valence-corrected chi connectivity index (χ2v) is 7.13. The summed E-state index contributed by atoms with van der Waals surface area (Å²) in [6.45, 7) is 3.59. The van der Waals surface area contributed by atoms with E-state index in [-0.39, 0.29) is 6.54 Å². The number of nitrogens with one attached hydrogen (secondary N) is 1. The molecule has 1 aromatic heterocycles. The van der Waals surface area contributed by atoms with Crippen molar-refractivity contribution in [3.05, 3.63) is 12.4 Å². The van der Waals surface area contributed by atoms with Crippen LogP contribution in [0.15, 0.2) is 12.4 Å². The van der Waals surface area contributed by atoms with E-state index in [1.165, 1.54) is 25.7 Å². The standard InChI is InChI=1S/C18H28N4O3/c1-2-22(11-18(23)24)15-7-14(8-15)20-16-9-19-10-17(21-16)25-12-13-5-3-4-6-13/h9-10,13-15H,2-8,11-12H2,1H3,(H,20,21)(H,23,24). The molecule has 2 aliphatic carbocycles. The third-order valence-corrected chi connectivity index (χ3v) is 5.28. The fourth-order valence-corrected chi connectivity index (χ4v) is 3.75. The number of hydrogen-bond donors (Lipinski definition) is 2. The molecule has 0 amide bonds. The van der Waals surface area contributed by atoms with E-state index in [4.69, 9.17) is 9.84 Å². The molecule has 0 radical (unpaired) electrons. The van der Waals surface area contributed by atoms with E-state index in [1.807, 2.05) is 11.8 Å². The molecule has 2 N–H and O–H groups in total. The lowest BCUT2D eigenvalue weighted by Gasteiger charge is -2.42. The molecular weight excluding hydrogens is 320 g/mol. The van der Waals surface area contributed by atoms with E-state index in [9.17, 15) is 4.79 Å². The van der Waals surface area contributed by atoms with Crippen molar-refractivity contribution < 1.29 is 14.6 Å². The van der Waals surface area contributed by atoms with Gasteiger partial charge in [-0.2, -0.15) is 4.98 Å². The third-order valence-electron chi connectivity index (χ3n) is 5.28. The van der Waals surface area contributed by atoms with Gasteiger partial charge in [0.25, 0.3) is 0 Å². The average molecular weight is 348 g/mol. The Morgan fingerprint density at radius 3 is 2.80 bits per heavy atom. The minimum atomic E-state index is -0.767. The van der Waals surface area contributed by atoms with Crippen molar-refractivity contribution in [1.29, 1.82) is 0 Å². The first-order valence-corrected chi connectivity index (χ1v) is 9.31. The van der Waals surface area contributed by atoms with E-state index in [2.05, 4.69) is 15.3 Å². The van der Waals surface area contributed by atoms with E-state index in [0.717, 1.165) is 31.8 Å². The summed E-state index contributed by atoms with van der Waals surface area (Å²) in [5.41, 5.74) is 0. The Balaban J connectivity index is 1.44. The van der Waals surface area contributed by atoms with E-state index in [1.54, 1.807) is 12.4 Å². The molecule has 25 heavy (non-hydrogen) atoms. The molecule has 7 nitrogen and oxygen atoms in total. The van der Waals surface area contributed by atoms with Crippen LogP contribution in [0.25, 0.3) is 0 Å². The summed E-state index contributed by atoms with van der Waals surface area (Å²) in [5, 5.41) is 12.3. The summed E-state index contributed by atoms with van der Waals surface area (Å²) in [6, 6.07) is 0.639. The molecule has 138 valence electrons. The van der Waals surface area contributed by atoms with Gasteiger partial charge in [0.1, 0.15) is 5.82 Å². The van der Waals surface area contributed by atoms with Gasteiger partial charge in [0, 0.05) is 12.1 Å². The molecule has 1 heterocycles. The first-order chi connectivity index (χ1) is 12.1. The van der Waals surface area contributed by atoms with Gasteiger partial charge in [-0.05, 0) is 38.1 Å². The molecule has 0 spiro atoms. The number of hydrogen-bond acceptors (Lipinski definition) is 6. The van der Waals surface area contributed by atoms with Crippen molar-refractivity contribution in [2.45, 2.75) is 57.5 Å². The Hall–Kier alpha value is -1.89. The van der Waals surface area contributed by atoms with Crippen molar-refractivity contribution in [2.75, 3.05) is 25.0 Å². The van der Waals surface area contributed by atoms with Crippen LogP contribution >= 0.6 is 0 Å². The van der Waals surface area contributed by atoms with E-state index >= 15 is 0 Å². The summed E-state index contributed by atoms with van der Waals surface area (Å²) in [6.07, 6.45) is 10.3. The molecule has 3 rings (SSSR count). The summed E-state index contributed by atoms with van der Waals surface area (Å²) >= 11 is 0. The van der Waals surface area contributed by atoms with Crippen molar-refractivity contribution in [1.82, 2.24) is 14.9 Å². The summed E-state index contributed by atoms with van der Waals surface area (Å²) in [5.74, 6) is 1.19. The van der Waals surface area contributed by atoms with Crippen LogP contribution in [-0.4, -0.2) is 57.7 Å².